The molecule has 3 rings (SSSR count). The van der Waals surface area contributed by atoms with Gasteiger partial charge in [0.1, 0.15) is 17.2 Å². The molecule has 1 N–H and O–H groups in total. The van der Waals surface area contributed by atoms with E-state index in [-0.39, 0.29) is 6.42 Å². The van der Waals surface area contributed by atoms with Gasteiger partial charge >= 0.3 is 5.97 Å². The van der Waals surface area contributed by atoms with Gasteiger partial charge < -0.3 is 14.6 Å². The number of ether oxygens (including phenoxy) is 2. The molecule has 0 saturated carbocycles. The highest BCUT2D eigenvalue weighted by atomic mass is 16.5. The SMILES string of the molecule is Cc1ccc(O[C@H](Cc2ccc(Oc3ccccc3)cc2)C(=O)O)cc1. The molecule has 0 aliphatic carbocycles. The number of rotatable bonds is 7. The third-order valence-corrected chi connectivity index (χ3v) is 3.90. The molecular weight excluding hydrogens is 328 g/mol. The normalized spacial score (nSPS) is 11.6. The van der Waals surface area contributed by atoms with Crippen LogP contribution in [-0.2, 0) is 11.2 Å². The average molecular weight is 348 g/mol. The maximum absolute atomic E-state index is 11.5. The number of aryl methyl sites for hydroxylation is 1. The number of benzene rings is 3. The molecule has 0 radical (unpaired) electrons. The smallest absolute Gasteiger partial charge is 0.345 e. The van der Waals surface area contributed by atoms with Crippen molar-refractivity contribution in [3.8, 4) is 17.2 Å². The van der Waals surface area contributed by atoms with Gasteiger partial charge in [0.05, 0.1) is 0 Å². The lowest BCUT2D eigenvalue weighted by atomic mass is 10.1. The van der Waals surface area contributed by atoms with Gasteiger partial charge in [0.15, 0.2) is 6.10 Å². The second-order valence-electron chi connectivity index (χ2n) is 6.02. The van der Waals surface area contributed by atoms with Crippen LogP contribution < -0.4 is 9.47 Å². The van der Waals surface area contributed by atoms with Gasteiger partial charge in [-0.2, -0.15) is 0 Å². The maximum atomic E-state index is 11.5. The second kappa shape index (κ2) is 8.21. The van der Waals surface area contributed by atoms with Crippen LogP contribution in [0.25, 0.3) is 0 Å². The van der Waals surface area contributed by atoms with Crippen molar-refractivity contribution in [2.24, 2.45) is 0 Å². The van der Waals surface area contributed by atoms with Gasteiger partial charge in [-0.05, 0) is 48.9 Å². The monoisotopic (exact) mass is 348 g/mol. The van der Waals surface area contributed by atoms with E-state index in [2.05, 4.69) is 0 Å². The van der Waals surface area contributed by atoms with Crippen molar-refractivity contribution >= 4 is 5.97 Å². The fourth-order valence-electron chi connectivity index (χ4n) is 2.49. The Balaban J connectivity index is 1.65. The molecule has 0 amide bonds. The number of carboxylic acids is 1. The van der Waals surface area contributed by atoms with Gasteiger partial charge in [-0.25, -0.2) is 4.79 Å². The van der Waals surface area contributed by atoms with Crippen molar-refractivity contribution in [2.45, 2.75) is 19.4 Å². The zero-order valence-electron chi connectivity index (χ0n) is 14.5. The first-order valence-corrected chi connectivity index (χ1v) is 8.38. The average Bonchev–Trinajstić information content (AvgIpc) is 2.65. The molecule has 3 aromatic carbocycles. The van der Waals surface area contributed by atoms with Crippen LogP contribution in [0.15, 0.2) is 78.9 Å². The Kier molecular flexibility index (Phi) is 5.54. The first-order chi connectivity index (χ1) is 12.6. The van der Waals surface area contributed by atoms with Crippen LogP contribution in [0.2, 0.25) is 0 Å². The third kappa shape index (κ3) is 4.86. The summed E-state index contributed by atoms with van der Waals surface area (Å²) in [6, 6.07) is 24.2. The molecule has 0 heterocycles. The highest BCUT2D eigenvalue weighted by Gasteiger charge is 2.20. The quantitative estimate of drug-likeness (QED) is 0.662. The lowest BCUT2D eigenvalue weighted by molar-refractivity contribution is -0.145. The van der Waals surface area contributed by atoms with E-state index < -0.39 is 12.1 Å². The summed E-state index contributed by atoms with van der Waals surface area (Å²) in [6.07, 6.45) is -0.673. The number of carboxylic acid groups (broad SMARTS) is 1. The molecule has 132 valence electrons. The van der Waals surface area contributed by atoms with E-state index in [0.717, 1.165) is 16.9 Å². The first-order valence-electron chi connectivity index (χ1n) is 8.38. The number of hydrogen-bond acceptors (Lipinski definition) is 3. The number of carbonyl (C=O) groups is 1. The summed E-state index contributed by atoms with van der Waals surface area (Å²) in [7, 11) is 0. The van der Waals surface area contributed by atoms with Gasteiger partial charge in [-0.3, -0.25) is 0 Å². The molecule has 0 aliphatic heterocycles. The van der Waals surface area contributed by atoms with Crippen LogP contribution in [0, 0.1) is 6.92 Å². The Morgan fingerprint density at radius 2 is 1.42 bits per heavy atom. The van der Waals surface area contributed by atoms with Crippen LogP contribution in [0.3, 0.4) is 0 Å². The van der Waals surface area contributed by atoms with Crippen LogP contribution >= 0.6 is 0 Å². The zero-order chi connectivity index (χ0) is 18.4. The summed E-state index contributed by atoms with van der Waals surface area (Å²) >= 11 is 0. The molecule has 0 aliphatic rings. The predicted molar refractivity (Wildman–Crippen MR) is 99.9 cm³/mol. The van der Waals surface area contributed by atoms with E-state index in [0.29, 0.717) is 11.5 Å². The standard InChI is InChI=1S/C22H20O4/c1-16-7-11-20(12-8-16)26-21(22(23)24)15-17-9-13-19(14-10-17)25-18-5-3-2-4-6-18/h2-14,21H,15H2,1H3,(H,23,24)/t21-/m1/s1. The maximum Gasteiger partial charge on any atom is 0.345 e. The highest BCUT2D eigenvalue weighted by molar-refractivity contribution is 5.73. The largest absolute Gasteiger partial charge is 0.478 e. The van der Waals surface area contributed by atoms with E-state index in [4.69, 9.17) is 9.47 Å². The molecule has 0 aromatic heterocycles. The Labute approximate surface area is 152 Å². The summed E-state index contributed by atoms with van der Waals surface area (Å²) in [4.78, 5) is 11.5. The van der Waals surface area contributed by atoms with Crippen molar-refractivity contribution in [3.63, 3.8) is 0 Å². The van der Waals surface area contributed by atoms with Gasteiger partial charge in [0.2, 0.25) is 0 Å². The lowest BCUT2D eigenvalue weighted by Gasteiger charge is -2.15. The molecule has 0 bridgehead atoms. The number of aliphatic carboxylic acids is 1. The van der Waals surface area contributed by atoms with Gasteiger partial charge in [-0.1, -0.05) is 48.0 Å². The molecule has 26 heavy (non-hydrogen) atoms. The summed E-state index contributed by atoms with van der Waals surface area (Å²) < 4.78 is 11.4. The minimum absolute atomic E-state index is 0.273. The van der Waals surface area contributed by atoms with Crippen molar-refractivity contribution in [2.75, 3.05) is 0 Å². The Morgan fingerprint density at radius 3 is 2.04 bits per heavy atom. The van der Waals surface area contributed by atoms with E-state index in [1.165, 1.54) is 0 Å². The highest BCUT2D eigenvalue weighted by Crippen LogP contribution is 2.22. The van der Waals surface area contributed by atoms with Crippen LogP contribution in [0.5, 0.6) is 17.2 Å². The van der Waals surface area contributed by atoms with Gasteiger partial charge in [0.25, 0.3) is 0 Å². The lowest BCUT2D eigenvalue weighted by Crippen LogP contribution is -2.29. The first kappa shape index (κ1) is 17.5. The second-order valence-corrected chi connectivity index (χ2v) is 6.02. The van der Waals surface area contributed by atoms with E-state index in [9.17, 15) is 9.90 Å². The molecule has 0 unspecified atom stereocenters. The van der Waals surface area contributed by atoms with Crippen molar-refractivity contribution in [3.05, 3.63) is 90.0 Å². The predicted octanol–water partition coefficient (Wildman–Crippen LogP) is 4.86. The van der Waals surface area contributed by atoms with Crippen molar-refractivity contribution < 1.29 is 19.4 Å². The number of hydrogen-bond donors (Lipinski definition) is 1. The molecule has 0 fully saturated rings. The Hall–Kier alpha value is -3.27. The van der Waals surface area contributed by atoms with E-state index >= 15 is 0 Å². The Bertz CT molecular complexity index is 840. The van der Waals surface area contributed by atoms with Crippen LogP contribution in [-0.4, -0.2) is 17.2 Å². The minimum atomic E-state index is -0.991. The minimum Gasteiger partial charge on any atom is -0.478 e. The van der Waals surface area contributed by atoms with Gasteiger partial charge in [-0.15, -0.1) is 0 Å². The van der Waals surface area contributed by atoms with Crippen molar-refractivity contribution in [1.29, 1.82) is 0 Å². The summed E-state index contributed by atoms with van der Waals surface area (Å²) in [5, 5.41) is 9.45. The van der Waals surface area contributed by atoms with Gasteiger partial charge in [0, 0.05) is 6.42 Å². The Morgan fingerprint density at radius 1 is 0.846 bits per heavy atom. The molecule has 0 spiro atoms. The summed E-state index contributed by atoms with van der Waals surface area (Å²) in [5.74, 6) is 1.01. The van der Waals surface area contributed by atoms with E-state index in [1.807, 2.05) is 73.7 Å². The van der Waals surface area contributed by atoms with E-state index in [1.54, 1.807) is 12.1 Å². The molecule has 0 saturated heterocycles. The number of para-hydroxylation sites is 1. The molecule has 4 heteroatoms. The summed E-state index contributed by atoms with van der Waals surface area (Å²) in [6.45, 7) is 1.97. The van der Waals surface area contributed by atoms with Crippen molar-refractivity contribution in [1.82, 2.24) is 0 Å². The van der Waals surface area contributed by atoms with Crippen LogP contribution in [0.4, 0.5) is 0 Å². The molecule has 1 atom stereocenters. The topological polar surface area (TPSA) is 55.8 Å². The fourth-order valence-corrected chi connectivity index (χ4v) is 2.49. The molecule has 3 aromatic rings. The molecule has 4 nitrogen and oxygen atoms in total. The molecular formula is C22H20O4. The third-order valence-electron chi connectivity index (χ3n) is 3.90. The zero-order valence-corrected chi connectivity index (χ0v) is 14.5. The van der Waals surface area contributed by atoms with Crippen LogP contribution in [0.1, 0.15) is 11.1 Å². The fraction of sp³-hybridized carbons (Fsp3) is 0.136. The summed E-state index contributed by atoms with van der Waals surface area (Å²) in [5.41, 5.74) is 1.96.